The highest BCUT2D eigenvalue weighted by atomic mass is 79.9. The Labute approximate surface area is 175 Å². The molecule has 2 aromatic heterocycles. The monoisotopic (exact) mass is 464 g/mol. The summed E-state index contributed by atoms with van der Waals surface area (Å²) >= 11 is 5.00. The second-order valence-corrected chi connectivity index (χ2v) is 8.86. The molecular weight excluding hydrogens is 444 g/mol. The van der Waals surface area contributed by atoms with Gasteiger partial charge in [-0.3, -0.25) is 9.69 Å². The number of carbonyl (C=O) groups is 1. The minimum atomic E-state index is -0.143. The standard InChI is InChI=1S/C19H21BrN4O3S/c1-11-21-19-24(22-11)17(25)16(28-19)15(13-4-3-5-14(20)10-13)23-8-6-12(7-9-23)18(26)27-2/h3-5,10,12,15,25H,6-9H2,1-2H3. The number of carbonyl (C=O) groups excluding carboxylic acids is 1. The van der Waals surface area contributed by atoms with Gasteiger partial charge in [0.2, 0.25) is 10.8 Å². The van der Waals surface area contributed by atoms with Crippen molar-refractivity contribution in [3.05, 3.63) is 45.0 Å². The highest BCUT2D eigenvalue weighted by molar-refractivity contribution is 9.10. The first-order valence-corrected chi connectivity index (χ1v) is 10.7. The van der Waals surface area contributed by atoms with Crippen molar-refractivity contribution < 1.29 is 14.6 Å². The Balaban J connectivity index is 1.71. The molecule has 1 atom stereocenters. The van der Waals surface area contributed by atoms with Gasteiger partial charge in [0.25, 0.3) is 0 Å². The quantitative estimate of drug-likeness (QED) is 0.594. The lowest BCUT2D eigenvalue weighted by atomic mass is 9.94. The first-order chi connectivity index (χ1) is 13.5. The molecular formula is C19H21BrN4O3S. The number of aromatic nitrogens is 3. The smallest absolute Gasteiger partial charge is 0.308 e. The Morgan fingerprint density at radius 2 is 2.14 bits per heavy atom. The molecule has 0 bridgehead atoms. The molecule has 0 amide bonds. The van der Waals surface area contributed by atoms with Crippen molar-refractivity contribution in [1.82, 2.24) is 19.5 Å². The number of ether oxygens (including phenoxy) is 1. The highest BCUT2D eigenvalue weighted by Crippen LogP contribution is 2.41. The third-order valence-electron chi connectivity index (χ3n) is 5.15. The van der Waals surface area contributed by atoms with Crippen LogP contribution in [-0.4, -0.2) is 50.8 Å². The molecule has 0 aliphatic carbocycles. The average molecular weight is 465 g/mol. The SMILES string of the molecule is COC(=O)C1CCN(C(c2cccc(Br)c2)c2sc3nc(C)nn3c2O)CC1. The van der Waals surface area contributed by atoms with E-state index in [1.54, 1.807) is 0 Å². The third-order valence-corrected chi connectivity index (χ3v) is 6.71. The van der Waals surface area contributed by atoms with Crippen LogP contribution in [0.4, 0.5) is 0 Å². The van der Waals surface area contributed by atoms with Gasteiger partial charge in [-0.2, -0.15) is 4.52 Å². The van der Waals surface area contributed by atoms with Gasteiger partial charge < -0.3 is 9.84 Å². The van der Waals surface area contributed by atoms with Crippen molar-refractivity contribution in [1.29, 1.82) is 0 Å². The van der Waals surface area contributed by atoms with Crippen molar-refractivity contribution in [2.75, 3.05) is 20.2 Å². The maximum Gasteiger partial charge on any atom is 0.308 e. The average Bonchev–Trinajstić information content (AvgIpc) is 3.19. The third kappa shape index (κ3) is 3.54. The van der Waals surface area contributed by atoms with Gasteiger partial charge in [-0.1, -0.05) is 39.4 Å². The number of rotatable bonds is 4. The van der Waals surface area contributed by atoms with E-state index in [0.29, 0.717) is 10.8 Å². The largest absolute Gasteiger partial charge is 0.492 e. The zero-order valence-corrected chi connectivity index (χ0v) is 18.0. The molecule has 0 saturated carbocycles. The van der Waals surface area contributed by atoms with E-state index in [4.69, 9.17) is 4.74 Å². The molecule has 4 rings (SSSR count). The topological polar surface area (TPSA) is 80.0 Å². The fourth-order valence-electron chi connectivity index (χ4n) is 3.79. The van der Waals surface area contributed by atoms with Crippen molar-refractivity contribution >= 4 is 38.2 Å². The maximum atomic E-state index is 11.9. The van der Waals surface area contributed by atoms with Crippen LogP contribution in [0.2, 0.25) is 0 Å². The van der Waals surface area contributed by atoms with Crippen molar-refractivity contribution in [2.24, 2.45) is 5.92 Å². The molecule has 0 radical (unpaired) electrons. The van der Waals surface area contributed by atoms with Crippen LogP contribution in [-0.2, 0) is 9.53 Å². The predicted octanol–water partition coefficient (Wildman–Crippen LogP) is 3.54. The van der Waals surface area contributed by atoms with E-state index in [0.717, 1.165) is 40.8 Å². The van der Waals surface area contributed by atoms with Gasteiger partial charge >= 0.3 is 5.97 Å². The summed E-state index contributed by atoms with van der Waals surface area (Å²) < 4.78 is 7.39. The number of thiazole rings is 1. The van der Waals surface area contributed by atoms with Crippen LogP contribution < -0.4 is 0 Å². The van der Waals surface area contributed by atoms with E-state index in [1.807, 2.05) is 19.1 Å². The molecule has 1 unspecified atom stereocenters. The van der Waals surface area contributed by atoms with E-state index in [2.05, 4.69) is 43.0 Å². The van der Waals surface area contributed by atoms with Crippen LogP contribution in [0, 0.1) is 12.8 Å². The molecule has 28 heavy (non-hydrogen) atoms. The number of nitrogens with zero attached hydrogens (tertiary/aromatic N) is 4. The van der Waals surface area contributed by atoms with Crippen LogP contribution >= 0.6 is 27.3 Å². The zero-order chi connectivity index (χ0) is 19.8. The molecule has 148 valence electrons. The summed E-state index contributed by atoms with van der Waals surface area (Å²) in [6.07, 6.45) is 1.47. The lowest BCUT2D eigenvalue weighted by molar-refractivity contribution is -0.147. The second-order valence-electron chi connectivity index (χ2n) is 6.93. The summed E-state index contributed by atoms with van der Waals surface area (Å²) in [7, 11) is 1.44. The zero-order valence-electron chi connectivity index (χ0n) is 15.6. The van der Waals surface area contributed by atoms with Crippen LogP contribution in [0.25, 0.3) is 4.96 Å². The van der Waals surface area contributed by atoms with Gasteiger partial charge in [-0.05, 0) is 50.6 Å². The highest BCUT2D eigenvalue weighted by Gasteiger charge is 2.34. The van der Waals surface area contributed by atoms with Gasteiger partial charge in [0.05, 0.1) is 23.9 Å². The van der Waals surface area contributed by atoms with Gasteiger partial charge in [0.1, 0.15) is 5.82 Å². The number of methoxy groups -OCH3 is 1. The van der Waals surface area contributed by atoms with Gasteiger partial charge in [-0.15, -0.1) is 5.10 Å². The van der Waals surface area contributed by atoms with Crippen LogP contribution in [0.15, 0.2) is 28.7 Å². The Morgan fingerprint density at radius 3 is 2.79 bits per heavy atom. The number of esters is 1. The number of hydrogen-bond acceptors (Lipinski definition) is 7. The summed E-state index contributed by atoms with van der Waals surface area (Å²) in [6.45, 7) is 3.29. The predicted molar refractivity (Wildman–Crippen MR) is 110 cm³/mol. The second kappa shape index (κ2) is 7.81. The maximum absolute atomic E-state index is 11.9. The van der Waals surface area contributed by atoms with E-state index >= 15 is 0 Å². The number of aromatic hydroxyl groups is 1. The minimum Gasteiger partial charge on any atom is -0.492 e. The molecule has 7 nitrogen and oxygen atoms in total. The first-order valence-electron chi connectivity index (χ1n) is 9.10. The van der Waals surface area contributed by atoms with Crippen LogP contribution in [0.3, 0.4) is 0 Å². The molecule has 1 N–H and O–H groups in total. The first kappa shape index (κ1) is 19.4. The summed E-state index contributed by atoms with van der Waals surface area (Å²) in [5.74, 6) is 0.547. The summed E-state index contributed by atoms with van der Waals surface area (Å²) in [4.78, 5) is 20.1. The van der Waals surface area contributed by atoms with Crippen molar-refractivity contribution in [2.45, 2.75) is 25.8 Å². The van der Waals surface area contributed by atoms with Gasteiger partial charge in [0, 0.05) is 4.47 Å². The number of piperidine rings is 1. The molecule has 3 heterocycles. The lowest BCUT2D eigenvalue weighted by Crippen LogP contribution is -2.39. The summed E-state index contributed by atoms with van der Waals surface area (Å²) in [5.41, 5.74) is 1.07. The molecule has 1 aromatic carbocycles. The van der Waals surface area contributed by atoms with E-state index in [-0.39, 0.29) is 23.8 Å². The molecule has 0 spiro atoms. The van der Waals surface area contributed by atoms with Crippen LogP contribution in [0.1, 0.15) is 35.1 Å². The molecule has 1 fully saturated rings. The van der Waals surface area contributed by atoms with Gasteiger partial charge in [-0.25, -0.2) is 4.98 Å². The van der Waals surface area contributed by atoms with Gasteiger partial charge in [0.15, 0.2) is 0 Å². The van der Waals surface area contributed by atoms with E-state index in [1.165, 1.54) is 23.0 Å². The number of benzene rings is 1. The number of likely N-dealkylation sites (tertiary alicyclic amines) is 1. The fourth-order valence-corrected chi connectivity index (χ4v) is 5.37. The minimum absolute atomic E-state index is 0.0667. The lowest BCUT2D eigenvalue weighted by Gasteiger charge is -2.36. The van der Waals surface area contributed by atoms with Crippen molar-refractivity contribution in [3.8, 4) is 5.88 Å². The van der Waals surface area contributed by atoms with E-state index < -0.39 is 0 Å². The fraction of sp³-hybridized carbons (Fsp3) is 0.421. The summed E-state index contributed by atoms with van der Waals surface area (Å²) in [6, 6.07) is 7.96. The van der Waals surface area contributed by atoms with Crippen LogP contribution in [0.5, 0.6) is 5.88 Å². The molecule has 1 aliphatic rings. The Hall–Kier alpha value is -1.97. The molecule has 9 heteroatoms. The Kier molecular flexibility index (Phi) is 5.39. The number of fused-ring (bicyclic) bond motifs is 1. The molecule has 1 saturated heterocycles. The molecule has 3 aromatic rings. The van der Waals surface area contributed by atoms with Crippen molar-refractivity contribution in [3.63, 3.8) is 0 Å². The number of aryl methyl sites for hydroxylation is 1. The van der Waals surface area contributed by atoms with E-state index in [9.17, 15) is 9.90 Å². The molecule has 1 aliphatic heterocycles. The Bertz CT molecular complexity index is 1010. The number of halogens is 1. The normalized spacial score (nSPS) is 17.1. The number of hydrogen-bond donors (Lipinski definition) is 1. The Morgan fingerprint density at radius 1 is 1.39 bits per heavy atom. The summed E-state index contributed by atoms with van der Waals surface area (Å²) in [5, 5.41) is 15.2.